The number of amides is 2. The zero-order chi connectivity index (χ0) is 16.2. The van der Waals surface area contributed by atoms with Gasteiger partial charge in [-0.15, -0.1) is 0 Å². The van der Waals surface area contributed by atoms with Crippen LogP contribution in [0.3, 0.4) is 0 Å². The number of hydrogen-bond donors (Lipinski definition) is 1. The predicted octanol–water partition coefficient (Wildman–Crippen LogP) is 2.51. The molecule has 5 heteroatoms. The van der Waals surface area contributed by atoms with Gasteiger partial charge in [0, 0.05) is 13.0 Å². The van der Waals surface area contributed by atoms with Crippen LogP contribution in [0.1, 0.15) is 30.7 Å². The third-order valence-corrected chi connectivity index (χ3v) is 4.30. The smallest absolute Gasteiger partial charge is 0.225 e. The lowest BCUT2D eigenvalue weighted by Gasteiger charge is -2.25. The van der Waals surface area contributed by atoms with Crippen molar-refractivity contribution in [1.82, 2.24) is 10.2 Å². The Hall–Kier alpha value is -2.56. The van der Waals surface area contributed by atoms with Gasteiger partial charge in [0.15, 0.2) is 0 Å². The minimum Gasteiger partial charge on any atom is -0.467 e. The minimum atomic E-state index is -0.302. The highest BCUT2D eigenvalue weighted by Crippen LogP contribution is 2.28. The van der Waals surface area contributed by atoms with Crippen molar-refractivity contribution < 1.29 is 14.0 Å². The van der Waals surface area contributed by atoms with Crippen molar-refractivity contribution >= 4 is 11.8 Å². The number of likely N-dealkylation sites (tertiary alicyclic amines) is 1. The third-order valence-electron chi connectivity index (χ3n) is 4.30. The lowest BCUT2D eigenvalue weighted by atomic mass is 10.1. The van der Waals surface area contributed by atoms with E-state index < -0.39 is 0 Å². The molecule has 23 heavy (non-hydrogen) atoms. The van der Waals surface area contributed by atoms with Gasteiger partial charge in [0.2, 0.25) is 11.8 Å². The molecule has 2 heterocycles. The van der Waals surface area contributed by atoms with Crippen LogP contribution in [-0.4, -0.2) is 23.3 Å². The fraction of sp³-hybridized carbons (Fsp3) is 0.333. The Morgan fingerprint density at radius 2 is 2.09 bits per heavy atom. The SMILES string of the molecule is C[C@@H](c1ccccc1)N1C[C@@H](C(=O)NCc2ccco2)CC1=O. The number of nitrogens with zero attached hydrogens (tertiary/aromatic N) is 1. The average Bonchev–Trinajstić information content (AvgIpc) is 3.22. The number of rotatable bonds is 5. The summed E-state index contributed by atoms with van der Waals surface area (Å²) in [7, 11) is 0. The van der Waals surface area contributed by atoms with Crippen molar-refractivity contribution in [2.45, 2.75) is 25.9 Å². The summed E-state index contributed by atoms with van der Waals surface area (Å²) < 4.78 is 5.19. The van der Waals surface area contributed by atoms with E-state index in [4.69, 9.17) is 4.42 Å². The van der Waals surface area contributed by atoms with Gasteiger partial charge < -0.3 is 14.6 Å². The summed E-state index contributed by atoms with van der Waals surface area (Å²) in [6, 6.07) is 13.4. The molecule has 3 rings (SSSR count). The van der Waals surface area contributed by atoms with Crippen LogP contribution in [-0.2, 0) is 16.1 Å². The zero-order valence-corrected chi connectivity index (χ0v) is 13.1. The average molecular weight is 312 g/mol. The van der Waals surface area contributed by atoms with Crippen molar-refractivity contribution in [2.75, 3.05) is 6.54 Å². The van der Waals surface area contributed by atoms with Crippen molar-refractivity contribution in [3.63, 3.8) is 0 Å². The van der Waals surface area contributed by atoms with E-state index in [0.29, 0.717) is 18.8 Å². The third kappa shape index (κ3) is 3.44. The molecule has 0 saturated carbocycles. The standard InChI is InChI=1S/C18H20N2O3/c1-13(14-6-3-2-4-7-14)20-12-15(10-17(20)21)18(22)19-11-16-8-5-9-23-16/h2-9,13,15H,10-12H2,1H3,(H,19,22)/t13-,15-/m0/s1. The Labute approximate surface area is 135 Å². The molecule has 0 aliphatic carbocycles. The predicted molar refractivity (Wildman–Crippen MR) is 85.2 cm³/mol. The van der Waals surface area contributed by atoms with Crippen LogP contribution < -0.4 is 5.32 Å². The highest BCUT2D eigenvalue weighted by atomic mass is 16.3. The Morgan fingerprint density at radius 1 is 1.30 bits per heavy atom. The molecule has 1 N–H and O–H groups in total. The molecule has 0 unspecified atom stereocenters. The number of hydrogen-bond acceptors (Lipinski definition) is 3. The maximum Gasteiger partial charge on any atom is 0.225 e. The molecule has 2 amide bonds. The highest BCUT2D eigenvalue weighted by Gasteiger charge is 2.36. The Bertz CT molecular complexity index is 667. The molecule has 2 atom stereocenters. The van der Waals surface area contributed by atoms with Crippen molar-refractivity contribution in [1.29, 1.82) is 0 Å². The van der Waals surface area contributed by atoms with Crippen molar-refractivity contribution in [3.8, 4) is 0 Å². The molecule has 2 aromatic rings. The second kappa shape index (κ2) is 6.69. The highest BCUT2D eigenvalue weighted by molar-refractivity contribution is 5.89. The molecule has 1 aliphatic heterocycles. The van der Waals surface area contributed by atoms with E-state index in [-0.39, 0.29) is 30.2 Å². The van der Waals surface area contributed by atoms with Crippen LogP contribution >= 0.6 is 0 Å². The normalized spacial score (nSPS) is 18.9. The maximum atomic E-state index is 12.3. The van der Waals surface area contributed by atoms with Crippen LogP contribution in [0, 0.1) is 5.92 Å². The van der Waals surface area contributed by atoms with E-state index in [1.54, 1.807) is 17.2 Å². The summed E-state index contributed by atoms with van der Waals surface area (Å²) >= 11 is 0. The number of carbonyl (C=O) groups excluding carboxylic acids is 2. The van der Waals surface area contributed by atoms with Gasteiger partial charge >= 0.3 is 0 Å². The van der Waals surface area contributed by atoms with E-state index in [9.17, 15) is 9.59 Å². The van der Waals surface area contributed by atoms with Gasteiger partial charge in [0.1, 0.15) is 5.76 Å². The Balaban J connectivity index is 1.59. The lowest BCUT2D eigenvalue weighted by Crippen LogP contribution is -2.33. The van der Waals surface area contributed by atoms with E-state index >= 15 is 0 Å². The Morgan fingerprint density at radius 3 is 2.78 bits per heavy atom. The molecule has 0 spiro atoms. The van der Waals surface area contributed by atoms with Crippen molar-refractivity contribution in [3.05, 3.63) is 60.1 Å². The second-order valence-corrected chi connectivity index (χ2v) is 5.83. The summed E-state index contributed by atoms with van der Waals surface area (Å²) in [5, 5.41) is 2.84. The van der Waals surface area contributed by atoms with Gasteiger partial charge in [-0.05, 0) is 24.6 Å². The lowest BCUT2D eigenvalue weighted by molar-refractivity contribution is -0.130. The molecule has 0 bridgehead atoms. The van der Waals surface area contributed by atoms with E-state index in [1.807, 2.05) is 43.3 Å². The molecule has 1 saturated heterocycles. The summed E-state index contributed by atoms with van der Waals surface area (Å²) in [5.74, 6) is 0.331. The quantitative estimate of drug-likeness (QED) is 0.922. The molecular weight excluding hydrogens is 292 g/mol. The number of nitrogens with one attached hydrogen (secondary N) is 1. The van der Waals surface area contributed by atoms with Gasteiger partial charge in [-0.1, -0.05) is 30.3 Å². The van der Waals surface area contributed by atoms with Gasteiger partial charge in [-0.3, -0.25) is 9.59 Å². The van der Waals surface area contributed by atoms with E-state index in [1.165, 1.54) is 0 Å². The summed E-state index contributed by atoms with van der Waals surface area (Å²) in [4.78, 5) is 26.3. The maximum absolute atomic E-state index is 12.3. The molecule has 120 valence electrons. The van der Waals surface area contributed by atoms with Gasteiger partial charge in [0.25, 0.3) is 0 Å². The van der Waals surface area contributed by atoms with E-state index in [2.05, 4.69) is 5.32 Å². The van der Waals surface area contributed by atoms with Crippen LogP contribution in [0.2, 0.25) is 0 Å². The van der Waals surface area contributed by atoms with Gasteiger partial charge in [-0.25, -0.2) is 0 Å². The fourth-order valence-corrected chi connectivity index (χ4v) is 2.92. The molecule has 5 nitrogen and oxygen atoms in total. The molecule has 1 fully saturated rings. The Kier molecular flexibility index (Phi) is 4.46. The summed E-state index contributed by atoms with van der Waals surface area (Å²) in [6.45, 7) is 2.81. The van der Waals surface area contributed by atoms with Gasteiger partial charge in [0.05, 0.1) is 24.8 Å². The van der Waals surface area contributed by atoms with Crippen molar-refractivity contribution in [2.24, 2.45) is 5.92 Å². The van der Waals surface area contributed by atoms with E-state index in [0.717, 1.165) is 5.56 Å². The zero-order valence-electron chi connectivity index (χ0n) is 13.1. The topological polar surface area (TPSA) is 62.6 Å². The first kappa shape index (κ1) is 15.3. The molecule has 0 radical (unpaired) electrons. The monoisotopic (exact) mass is 312 g/mol. The van der Waals surface area contributed by atoms with Crippen LogP contribution in [0.15, 0.2) is 53.1 Å². The first-order valence-electron chi connectivity index (χ1n) is 7.79. The molecule has 1 aromatic carbocycles. The number of carbonyl (C=O) groups is 2. The summed E-state index contributed by atoms with van der Waals surface area (Å²) in [5.41, 5.74) is 1.08. The molecular formula is C18H20N2O3. The largest absolute Gasteiger partial charge is 0.467 e. The fourth-order valence-electron chi connectivity index (χ4n) is 2.92. The van der Waals surface area contributed by atoms with Crippen LogP contribution in [0.5, 0.6) is 0 Å². The van der Waals surface area contributed by atoms with Crippen LogP contribution in [0.4, 0.5) is 0 Å². The van der Waals surface area contributed by atoms with Crippen LogP contribution in [0.25, 0.3) is 0 Å². The number of benzene rings is 1. The minimum absolute atomic E-state index is 0.0217. The summed E-state index contributed by atoms with van der Waals surface area (Å²) in [6.07, 6.45) is 1.84. The van der Waals surface area contributed by atoms with Gasteiger partial charge in [-0.2, -0.15) is 0 Å². The number of furan rings is 1. The molecule has 1 aliphatic rings. The molecule has 1 aromatic heterocycles. The first-order valence-corrected chi connectivity index (χ1v) is 7.79. The second-order valence-electron chi connectivity index (χ2n) is 5.83. The first-order chi connectivity index (χ1) is 11.1.